The normalized spacial score (nSPS) is 10.5. The van der Waals surface area contributed by atoms with E-state index in [1.54, 1.807) is 0 Å². The zero-order chi connectivity index (χ0) is 8.81. The van der Waals surface area contributed by atoms with Crippen molar-refractivity contribution in [1.29, 1.82) is 0 Å². The summed E-state index contributed by atoms with van der Waals surface area (Å²) in [6.45, 7) is 0. The van der Waals surface area contributed by atoms with Crippen molar-refractivity contribution in [2.24, 2.45) is 7.05 Å². The molecule has 12 heavy (non-hydrogen) atoms. The number of nitrogens with zero attached hydrogens (tertiary/aromatic N) is 2. The van der Waals surface area contributed by atoms with Crippen LogP contribution in [0.15, 0.2) is 17.3 Å². The van der Waals surface area contributed by atoms with Crippen molar-refractivity contribution < 1.29 is 0 Å². The first-order valence-corrected chi connectivity index (χ1v) is 5.67. The molecule has 0 saturated carbocycles. The number of thioether (sulfide) groups is 1. The van der Waals surface area contributed by atoms with Crippen LogP contribution < -0.4 is 0 Å². The van der Waals surface area contributed by atoms with Gasteiger partial charge in [-0.05, 0) is 24.3 Å². The molecule has 0 aromatic carbocycles. The molecule has 0 amide bonds. The minimum Gasteiger partial charge on any atom is -0.275 e. The summed E-state index contributed by atoms with van der Waals surface area (Å²) < 4.78 is 1.83. The summed E-state index contributed by atoms with van der Waals surface area (Å²) in [4.78, 5) is 1.26. The number of aryl methyl sites for hydroxylation is 1. The predicted molar refractivity (Wildman–Crippen MR) is 57.0 cm³/mol. The molecule has 0 aliphatic rings. The summed E-state index contributed by atoms with van der Waals surface area (Å²) in [6, 6.07) is 0. The van der Waals surface area contributed by atoms with E-state index in [9.17, 15) is 0 Å². The molecule has 0 radical (unpaired) electrons. The number of rotatable bonds is 5. The highest BCUT2D eigenvalue weighted by Gasteiger charge is 1.95. The molecule has 0 atom stereocenters. The maximum atomic E-state index is 4.16. The molecule has 0 spiro atoms. The Labute approximate surface area is 83.1 Å². The summed E-state index contributed by atoms with van der Waals surface area (Å²) in [7, 11) is 1.94. The lowest BCUT2D eigenvalue weighted by Gasteiger charge is -1.95. The van der Waals surface area contributed by atoms with E-state index in [0.717, 1.165) is 5.75 Å². The summed E-state index contributed by atoms with van der Waals surface area (Å²) in [6.07, 6.45) is 6.40. The number of hydrogen-bond acceptors (Lipinski definition) is 3. The van der Waals surface area contributed by atoms with Gasteiger partial charge in [0.25, 0.3) is 0 Å². The van der Waals surface area contributed by atoms with Gasteiger partial charge in [-0.15, -0.1) is 11.8 Å². The van der Waals surface area contributed by atoms with Crippen LogP contribution in [0.1, 0.15) is 12.8 Å². The third kappa shape index (κ3) is 3.54. The molecule has 1 rings (SSSR count). The topological polar surface area (TPSA) is 17.8 Å². The third-order valence-electron chi connectivity index (χ3n) is 1.50. The first-order valence-electron chi connectivity index (χ1n) is 4.05. The minimum atomic E-state index is 0.994. The Bertz CT molecular complexity index is 223. The number of thiol groups is 1. The van der Waals surface area contributed by atoms with E-state index in [4.69, 9.17) is 0 Å². The predicted octanol–water partition coefficient (Wildman–Crippen LogP) is 2.22. The van der Waals surface area contributed by atoms with Crippen molar-refractivity contribution in [1.82, 2.24) is 9.78 Å². The molecule has 1 aromatic rings. The Morgan fingerprint density at radius 2 is 2.42 bits per heavy atom. The quantitative estimate of drug-likeness (QED) is 0.448. The molecule has 2 nitrogen and oxygen atoms in total. The highest BCUT2D eigenvalue weighted by Crippen LogP contribution is 2.17. The fourth-order valence-electron chi connectivity index (χ4n) is 0.877. The van der Waals surface area contributed by atoms with E-state index in [0.29, 0.717) is 0 Å². The van der Waals surface area contributed by atoms with Gasteiger partial charge in [0.05, 0.1) is 6.20 Å². The van der Waals surface area contributed by atoms with Crippen molar-refractivity contribution in [2.75, 3.05) is 11.5 Å². The van der Waals surface area contributed by atoms with Crippen LogP contribution in [0, 0.1) is 0 Å². The molecule has 0 saturated heterocycles. The number of hydrogen-bond donors (Lipinski definition) is 1. The lowest BCUT2D eigenvalue weighted by atomic mass is 10.4. The van der Waals surface area contributed by atoms with Gasteiger partial charge in [-0.3, -0.25) is 4.68 Å². The second-order valence-electron chi connectivity index (χ2n) is 2.63. The minimum absolute atomic E-state index is 0.994. The zero-order valence-electron chi connectivity index (χ0n) is 7.23. The number of unbranched alkanes of at least 4 members (excludes halogenated alkanes) is 1. The van der Waals surface area contributed by atoms with Gasteiger partial charge in [-0.25, -0.2) is 0 Å². The molecule has 4 heteroatoms. The molecular formula is C8H14N2S2. The smallest absolute Gasteiger partial charge is 0.0625 e. The molecule has 1 heterocycles. The SMILES string of the molecule is Cn1cc(SCCCCS)cn1. The molecule has 0 aliphatic carbocycles. The van der Waals surface area contributed by atoms with E-state index in [1.165, 1.54) is 23.5 Å². The Morgan fingerprint density at radius 1 is 1.58 bits per heavy atom. The molecule has 68 valence electrons. The van der Waals surface area contributed by atoms with Gasteiger partial charge in [0, 0.05) is 18.1 Å². The first kappa shape index (κ1) is 9.99. The van der Waals surface area contributed by atoms with Crippen LogP contribution in [-0.2, 0) is 7.05 Å². The highest BCUT2D eigenvalue weighted by molar-refractivity contribution is 7.99. The molecule has 1 aromatic heterocycles. The van der Waals surface area contributed by atoms with Crippen LogP contribution in [0.3, 0.4) is 0 Å². The maximum absolute atomic E-state index is 4.16. The molecule has 0 N–H and O–H groups in total. The fraction of sp³-hybridized carbons (Fsp3) is 0.625. The van der Waals surface area contributed by atoms with Crippen molar-refractivity contribution in [3.05, 3.63) is 12.4 Å². The van der Waals surface area contributed by atoms with Gasteiger partial charge in [0.1, 0.15) is 0 Å². The van der Waals surface area contributed by atoms with Gasteiger partial charge in [0.2, 0.25) is 0 Å². The molecule has 0 aliphatic heterocycles. The van der Waals surface area contributed by atoms with E-state index in [2.05, 4.69) is 17.7 Å². The van der Waals surface area contributed by atoms with Crippen LogP contribution in [-0.4, -0.2) is 21.3 Å². The van der Waals surface area contributed by atoms with Crippen molar-refractivity contribution in [3.63, 3.8) is 0 Å². The summed E-state index contributed by atoms with van der Waals surface area (Å²) >= 11 is 6.02. The van der Waals surface area contributed by atoms with Gasteiger partial charge in [0.15, 0.2) is 0 Å². The first-order chi connectivity index (χ1) is 5.83. The lowest BCUT2D eigenvalue weighted by molar-refractivity contribution is 0.766. The van der Waals surface area contributed by atoms with Gasteiger partial charge >= 0.3 is 0 Å². The fourth-order valence-corrected chi connectivity index (χ4v) is 2.03. The van der Waals surface area contributed by atoms with Crippen molar-refractivity contribution in [3.8, 4) is 0 Å². The van der Waals surface area contributed by atoms with Crippen LogP contribution >= 0.6 is 24.4 Å². The van der Waals surface area contributed by atoms with E-state index < -0.39 is 0 Å². The Hall–Kier alpha value is -0.0900. The highest BCUT2D eigenvalue weighted by atomic mass is 32.2. The maximum Gasteiger partial charge on any atom is 0.0625 e. The molecule has 0 bridgehead atoms. The van der Waals surface area contributed by atoms with Gasteiger partial charge in [-0.1, -0.05) is 0 Å². The average Bonchev–Trinajstić information content (AvgIpc) is 2.45. The van der Waals surface area contributed by atoms with E-state index >= 15 is 0 Å². The molecule has 0 fully saturated rings. The summed E-state index contributed by atoms with van der Waals surface area (Å²) in [5.74, 6) is 2.17. The second-order valence-corrected chi connectivity index (χ2v) is 4.24. The van der Waals surface area contributed by atoms with Gasteiger partial charge < -0.3 is 0 Å². The lowest BCUT2D eigenvalue weighted by Crippen LogP contribution is -1.84. The second kappa shape index (κ2) is 5.54. The molecular weight excluding hydrogens is 188 g/mol. The Balaban J connectivity index is 2.15. The number of aromatic nitrogens is 2. The summed E-state index contributed by atoms with van der Waals surface area (Å²) in [5, 5.41) is 4.10. The van der Waals surface area contributed by atoms with Gasteiger partial charge in [-0.2, -0.15) is 17.7 Å². The van der Waals surface area contributed by atoms with Crippen LogP contribution in [0.2, 0.25) is 0 Å². The van der Waals surface area contributed by atoms with Crippen molar-refractivity contribution >= 4 is 24.4 Å². The average molecular weight is 202 g/mol. The third-order valence-corrected chi connectivity index (χ3v) is 2.86. The van der Waals surface area contributed by atoms with Crippen molar-refractivity contribution in [2.45, 2.75) is 17.7 Å². The van der Waals surface area contributed by atoms with E-state index in [1.807, 2.05) is 35.9 Å². The van der Waals surface area contributed by atoms with E-state index in [-0.39, 0.29) is 0 Å². The Kier molecular flexibility index (Phi) is 4.61. The van der Waals surface area contributed by atoms with Crippen LogP contribution in [0.25, 0.3) is 0 Å². The zero-order valence-corrected chi connectivity index (χ0v) is 8.94. The Morgan fingerprint density at radius 3 is 3.00 bits per heavy atom. The largest absolute Gasteiger partial charge is 0.275 e. The molecule has 0 unspecified atom stereocenters. The van der Waals surface area contributed by atoms with Crippen LogP contribution in [0.4, 0.5) is 0 Å². The van der Waals surface area contributed by atoms with Crippen LogP contribution in [0.5, 0.6) is 0 Å². The summed E-state index contributed by atoms with van der Waals surface area (Å²) in [5.41, 5.74) is 0. The monoisotopic (exact) mass is 202 g/mol. The standard InChI is InChI=1S/C8H14N2S2/c1-10-7-8(6-9-10)12-5-3-2-4-11/h6-7,11H,2-5H2,1H3.